The van der Waals surface area contributed by atoms with Gasteiger partial charge in [0.05, 0.1) is 25.9 Å². The summed E-state index contributed by atoms with van der Waals surface area (Å²) in [5.74, 6) is 1.94. The van der Waals surface area contributed by atoms with E-state index in [4.69, 9.17) is 9.73 Å². The molecule has 1 aromatic carbocycles. The molecule has 0 aliphatic carbocycles. The molecule has 7 heteroatoms. The predicted molar refractivity (Wildman–Crippen MR) is 107 cm³/mol. The topological polar surface area (TPSA) is 54.7 Å². The molecule has 140 valence electrons. The number of benzene rings is 1. The summed E-state index contributed by atoms with van der Waals surface area (Å²) in [6.45, 7) is 6.10. The number of nitrogens with one attached hydrogen (secondary N) is 1. The summed E-state index contributed by atoms with van der Waals surface area (Å²) >= 11 is 1.84. The smallest absolute Gasteiger partial charge is 0.194 e. The summed E-state index contributed by atoms with van der Waals surface area (Å²) < 4.78 is 7.75. The molecule has 1 N–H and O–H groups in total. The molecule has 26 heavy (non-hydrogen) atoms. The van der Waals surface area contributed by atoms with Crippen LogP contribution in [0.25, 0.3) is 0 Å². The minimum Gasteiger partial charge on any atom is -0.370 e. The Kier molecular flexibility index (Phi) is 6.96. The molecule has 6 nitrogen and oxygen atoms in total. The second-order valence-corrected chi connectivity index (χ2v) is 7.32. The highest BCUT2D eigenvalue weighted by Gasteiger charge is 2.25. The van der Waals surface area contributed by atoms with Crippen molar-refractivity contribution in [2.24, 2.45) is 12.0 Å². The lowest BCUT2D eigenvalue weighted by atomic mass is 10.1. The van der Waals surface area contributed by atoms with Gasteiger partial charge in [0.2, 0.25) is 0 Å². The van der Waals surface area contributed by atoms with E-state index >= 15 is 0 Å². The van der Waals surface area contributed by atoms with Crippen LogP contribution in [-0.4, -0.2) is 59.2 Å². The molecular weight excluding hydrogens is 346 g/mol. The maximum Gasteiger partial charge on any atom is 0.194 e. The van der Waals surface area contributed by atoms with Crippen LogP contribution in [0.3, 0.4) is 0 Å². The Morgan fingerprint density at radius 2 is 2.23 bits per heavy atom. The quantitative estimate of drug-likeness (QED) is 0.365. The third-order valence-electron chi connectivity index (χ3n) is 4.16. The van der Waals surface area contributed by atoms with E-state index in [0.29, 0.717) is 6.61 Å². The van der Waals surface area contributed by atoms with E-state index < -0.39 is 0 Å². The van der Waals surface area contributed by atoms with E-state index in [1.165, 1.54) is 4.90 Å². The molecule has 0 amide bonds. The standard InChI is InChI=1S/C19H27N5OS/c1-3-20-19(21-9-12-26-17-7-5-4-6-8-17)24-10-11-25-18(15-24)16-13-22-23(2)14-16/h4-8,13-14,18H,3,9-12,15H2,1-2H3,(H,20,21). The monoisotopic (exact) mass is 373 g/mol. The zero-order valence-electron chi connectivity index (χ0n) is 15.5. The number of aromatic nitrogens is 2. The molecule has 1 atom stereocenters. The number of nitrogens with zero attached hydrogens (tertiary/aromatic N) is 4. The first-order valence-corrected chi connectivity index (χ1v) is 10.1. The Morgan fingerprint density at radius 1 is 1.38 bits per heavy atom. The molecule has 1 aliphatic heterocycles. The van der Waals surface area contributed by atoms with Crippen molar-refractivity contribution in [2.45, 2.75) is 17.9 Å². The van der Waals surface area contributed by atoms with Gasteiger partial charge in [0.15, 0.2) is 5.96 Å². The van der Waals surface area contributed by atoms with Gasteiger partial charge in [0.1, 0.15) is 6.10 Å². The van der Waals surface area contributed by atoms with Gasteiger partial charge in [0.25, 0.3) is 0 Å². The fourth-order valence-corrected chi connectivity index (χ4v) is 3.68. The van der Waals surface area contributed by atoms with E-state index in [1.54, 1.807) is 0 Å². The first-order valence-electron chi connectivity index (χ1n) is 9.07. The summed E-state index contributed by atoms with van der Waals surface area (Å²) in [6, 6.07) is 10.5. The molecule has 0 radical (unpaired) electrons. The van der Waals surface area contributed by atoms with Crippen LogP contribution in [0, 0.1) is 0 Å². The highest BCUT2D eigenvalue weighted by atomic mass is 32.2. The normalized spacial score (nSPS) is 18.2. The van der Waals surface area contributed by atoms with Crippen LogP contribution < -0.4 is 5.32 Å². The maximum absolute atomic E-state index is 5.94. The number of ether oxygens (including phenoxy) is 1. The molecule has 1 saturated heterocycles. The molecule has 1 aliphatic rings. The van der Waals surface area contributed by atoms with Gasteiger partial charge in [-0.15, -0.1) is 11.8 Å². The zero-order chi connectivity index (χ0) is 18.2. The molecule has 1 fully saturated rings. The van der Waals surface area contributed by atoms with Gasteiger partial charge >= 0.3 is 0 Å². The summed E-state index contributed by atoms with van der Waals surface area (Å²) in [5.41, 5.74) is 1.12. The SMILES string of the molecule is CCNC(=NCCSc1ccccc1)N1CCOC(c2cnn(C)c2)C1. The Hall–Kier alpha value is -1.99. The number of rotatable bonds is 6. The van der Waals surface area contributed by atoms with Gasteiger partial charge in [0, 0.05) is 42.5 Å². The Bertz CT molecular complexity index is 703. The average molecular weight is 374 g/mol. The first-order chi connectivity index (χ1) is 12.8. The third kappa shape index (κ3) is 5.25. The number of guanidine groups is 1. The van der Waals surface area contributed by atoms with Crippen LogP contribution in [0.1, 0.15) is 18.6 Å². The molecule has 0 spiro atoms. The van der Waals surface area contributed by atoms with Crippen LogP contribution in [0.15, 0.2) is 52.6 Å². The molecule has 0 bridgehead atoms. The highest BCUT2D eigenvalue weighted by molar-refractivity contribution is 7.99. The van der Waals surface area contributed by atoms with Crippen molar-refractivity contribution >= 4 is 17.7 Å². The van der Waals surface area contributed by atoms with Gasteiger partial charge in [-0.1, -0.05) is 18.2 Å². The van der Waals surface area contributed by atoms with Crippen LogP contribution in [0.4, 0.5) is 0 Å². The second-order valence-electron chi connectivity index (χ2n) is 6.15. The average Bonchev–Trinajstić information content (AvgIpc) is 3.12. The van der Waals surface area contributed by atoms with E-state index in [2.05, 4.69) is 46.5 Å². The van der Waals surface area contributed by atoms with Crippen molar-refractivity contribution in [2.75, 3.05) is 38.5 Å². The summed E-state index contributed by atoms with van der Waals surface area (Å²) in [6.07, 6.45) is 3.95. The van der Waals surface area contributed by atoms with Crippen LogP contribution >= 0.6 is 11.8 Å². The molecular formula is C19H27N5OS. The lowest BCUT2D eigenvalue weighted by molar-refractivity contribution is -0.00802. The van der Waals surface area contributed by atoms with Crippen molar-refractivity contribution in [1.82, 2.24) is 20.0 Å². The summed E-state index contributed by atoms with van der Waals surface area (Å²) in [7, 11) is 1.93. The summed E-state index contributed by atoms with van der Waals surface area (Å²) in [5, 5.41) is 7.68. The lowest BCUT2D eigenvalue weighted by Gasteiger charge is -2.34. The summed E-state index contributed by atoms with van der Waals surface area (Å²) in [4.78, 5) is 8.40. The van der Waals surface area contributed by atoms with E-state index in [1.807, 2.05) is 42.0 Å². The van der Waals surface area contributed by atoms with Crippen LogP contribution in [0.5, 0.6) is 0 Å². The van der Waals surface area contributed by atoms with Gasteiger partial charge in [-0.05, 0) is 19.1 Å². The van der Waals surface area contributed by atoms with Crippen molar-refractivity contribution in [3.05, 3.63) is 48.3 Å². The second kappa shape index (κ2) is 9.64. The third-order valence-corrected chi connectivity index (χ3v) is 5.15. The molecule has 2 heterocycles. The van der Waals surface area contributed by atoms with Crippen molar-refractivity contribution in [3.63, 3.8) is 0 Å². The lowest BCUT2D eigenvalue weighted by Crippen LogP contribution is -2.48. The van der Waals surface area contributed by atoms with Crippen LogP contribution in [-0.2, 0) is 11.8 Å². The van der Waals surface area contributed by atoms with Gasteiger partial charge in [-0.25, -0.2) is 0 Å². The van der Waals surface area contributed by atoms with Gasteiger partial charge < -0.3 is 15.0 Å². The number of hydrogen-bond acceptors (Lipinski definition) is 4. The molecule has 1 unspecified atom stereocenters. The molecule has 2 aromatic rings. The van der Waals surface area contributed by atoms with Crippen LogP contribution in [0.2, 0.25) is 0 Å². The molecule has 1 aromatic heterocycles. The number of morpholine rings is 1. The first kappa shape index (κ1) is 18.8. The maximum atomic E-state index is 5.94. The van der Waals surface area contributed by atoms with Crippen molar-refractivity contribution < 1.29 is 4.74 Å². The Balaban J connectivity index is 1.57. The number of hydrogen-bond donors (Lipinski definition) is 1. The number of thioether (sulfide) groups is 1. The van der Waals surface area contributed by atoms with E-state index in [9.17, 15) is 0 Å². The van der Waals surface area contributed by atoms with E-state index in [0.717, 1.165) is 43.5 Å². The van der Waals surface area contributed by atoms with Gasteiger partial charge in [-0.2, -0.15) is 5.10 Å². The predicted octanol–water partition coefficient (Wildman–Crippen LogP) is 2.55. The largest absolute Gasteiger partial charge is 0.370 e. The number of aliphatic imine (C=N–C) groups is 1. The minimum absolute atomic E-state index is 0.0417. The fourth-order valence-electron chi connectivity index (χ4n) is 2.91. The molecule has 3 rings (SSSR count). The zero-order valence-corrected chi connectivity index (χ0v) is 16.3. The Labute approximate surface area is 159 Å². The highest BCUT2D eigenvalue weighted by Crippen LogP contribution is 2.22. The van der Waals surface area contributed by atoms with Crippen molar-refractivity contribution in [1.29, 1.82) is 0 Å². The Morgan fingerprint density at radius 3 is 2.96 bits per heavy atom. The molecule has 0 saturated carbocycles. The fraction of sp³-hybridized carbons (Fsp3) is 0.474. The van der Waals surface area contributed by atoms with Crippen molar-refractivity contribution in [3.8, 4) is 0 Å². The minimum atomic E-state index is 0.0417. The number of aryl methyl sites for hydroxylation is 1. The van der Waals surface area contributed by atoms with E-state index in [-0.39, 0.29) is 6.10 Å². The van der Waals surface area contributed by atoms with Gasteiger partial charge in [-0.3, -0.25) is 9.67 Å².